The van der Waals surface area contributed by atoms with Gasteiger partial charge in [0.15, 0.2) is 0 Å². The number of carbonyl (C=O) groups is 1. The second-order valence-corrected chi connectivity index (χ2v) is 5.69. The first kappa shape index (κ1) is 13.5. The van der Waals surface area contributed by atoms with Crippen LogP contribution < -0.4 is 5.32 Å². The van der Waals surface area contributed by atoms with E-state index in [2.05, 4.69) is 5.32 Å². The van der Waals surface area contributed by atoms with Gasteiger partial charge in [-0.15, -0.1) is 11.3 Å². The van der Waals surface area contributed by atoms with E-state index in [-0.39, 0.29) is 12.1 Å². The van der Waals surface area contributed by atoms with Gasteiger partial charge in [0.2, 0.25) is 0 Å². The Hall–Kier alpha value is -0.580. The number of halogens is 1. The third kappa shape index (κ3) is 3.47. The molecule has 1 aromatic heterocycles. The lowest BCUT2D eigenvalue weighted by atomic mass is 10.0. The molecule has 1 aromatic rings. The van der Waals surface area contributed by atoms with Crippen LogP contribution >= 0.6 is 22.9 Å². The zero-order valence-corrected chi connectivity index (χ0v) is 11.1. The van der Waals surface area contributed by atoms with E-state index >= 15 is 0 Å². The van der Waals surface area contributed by atoms with Gasteiger partial charge in [-0.05, 0) is 26.0 Å². The summed E-state index contributed by atoms with van der Waals surface area (Å²) in [4.78, 5) is 11.9. The minimum absolute atomic E-state index is 0.0756. The van der Waals surface area contributed by atoms with Crippen molar-refractivity contribution in [2.24, 2.45) is 5.92 Å². The first-order valence-electron chi connectivity index (χ1n) is 5.16. The molecule has 3 nitrogen and oxygen atoms in total. The van der Waals surface area contributed by atoms with E-state index in [0.717, 1.165) is 9.21 Å². The summed E-state index contributed by atoms with van der Waals surface area (Å²) in [6, 6.07) is 3.86. The molecule has 16 heavy (non-hydrogen) atoms. The Bertz CT molecular complexity index is 367. The van der Waals surface area contributed by atoms with Crippen LogP contribution in [0, 0.1) is 5.92 Å². The average Bonchev–Trinajstić information content (AvgIpc) is 2.63. The van der Waals surface area contributed by atoms with Crippen molar-refractivity contribution in [2.75, 3.05) is 0 Å². The molecule has 90 valence electrons. The summed E-state index contributed by atoms with van der Waals surface area (Å²) in [5.74, 6) is -1.19. The van der Waals surface area contributed by atoms with Crippen LogP contribution in [0.1, 0.15) is 31.7 Å². The van der Waals surface area contributed by atoms with Crippen LogP contribution in [0.5, 0.6) is 0 Å². The lowest BCUT2D eigenvalue weighted by Gasteiger charge is -2.22. The topological polar surface area (TPSA) is 49.3 Å². The highest BCUT2D eigenvalue weighted by molar-refractivity contribution is 7.16. The number of carboxylic acids is 1. The summed E-state index contributed by atoms with van der Waals surface area (Å²) in [5, 5.41) is 12.1. The summed E-state index contributed by atoms with van der Waals surface area (Å²) >= 11 is 7.36. The Kier molecular flexibility index (Phi) is 4.77. The molecular formula is C11H16ClNO2S. The summed E-state index contributed by atoms with van der Waals surface area (Å²) < 4.78 is 0.752. The summed E-state index contributed by atoms with van der Waals surface area (Å²) in [5.41, 5.74) is 0. The van der Waals surface area contributed by atoms with Crippen molar-refractivity contribution < 1.29 is 9.90 Å². The second kappa shape index (κ2) is 5.66. The molecule has 3 unspecified atom stereocenters. The average molecular weight is 262 g/mol. The van der Waals surface area contributed by atoms with Crippen molar-refractivity contribution >= 4 is 28.9 Å². The maximum atomic E-state index is 10.8. The Morgan fingerprint density at radius 3 is 2.50 bits per heavy atom. The van der Waals surface area contributed by atoms with E-state index in [4.69, 9.17) is 16.7 Å². The molecular weight excluding hydrogens is 246 g/mol. The molecule has 0 saturated carbocycles. The van der Waals surface area contributed by atoms with Crippen LogP contribution in [0.25, 0.3) is 0 Å². The van der Waals surface area contributed by atoms with Crippen LogP contribution in [0.4, 0.5) is 0 Å². The van der Waals surface area contributed by atoms with Crippen molar-refractivity contribution in [3.63, 3.8) is 0 Å². The third-order valence-electron chi connectivity index (χ3n) is 2.67. The predicted molar refractivity (Wildman–Crippen MR) is 67.1 cm³/mol. The number of thiophene rings is 1. The number of hydrogen-bond donors (Lipinski definition) is 2. The molecule has 0 amide bonds. The quantitative estimate of drug-likeness (QED) is 0.856. The number of carboxylic acid groups (broad SMARTS) is 1. The molecule has 0 spiro atoms. The van der Waals surface area contributed by atoms with Gasteiger partial charge in [-0.1, -0.05) is 18.5 Å². The largest absolute Gasteiger partial charge is 0.481 e. The molecule has 0 aromatic carbocycles. The molecule has 0 fully saturated rings. The highest BCUT2D eigenvalue weighted by Gasteiger charge is 2.21. The molecule has 1 rings (SSSR count). The molecule has 0 aliphatic rings. The molecule has 2 N–H and O–H groups in total. The fraction of sp³-hybridized carbons (Fsp3) is 0.545. The first-order valence-corrected chi connectivity index (χ1v) is 6.35. The molecule has 0 aliphatic heterocycles. The minimum atomic E-state index is -0.781. The number of hydrogen-bond acceptors (Lipinski definition) is 3. The zero-order chi connectivity index (χ0) is 12.3. The maximum absolute atomic E-state index is 10.8. The predicted octanol–water partition coefficient (Wildman–Crippen LogP) is 3.16. The fourth-order valence-corrected chi connectivity index (χ4v) is 2.47. The van der Waals surface area contributed by atoms with Crippen molar-refractivity contribution in [3.05, 3.63) is 21.3 Å². The normalized spacial score (nSPS) is 16.8. The van der Waals surface area contributed by atoms with Crippen molar-refractivity contribution in [3.8, 4) is 0 Å². The zero-order valence-electron chi connectivity index (χ0n) is 9.53. The van der Waals surface area contributed by atoms with Crippen LogP contribution in [0.2, 0.25) is 4.34 Å². The van der Waals surface area contributed by atoms with Crippen LogP contribution in [-0.4, -0.2) is 17.1 Å². The summed E-state index contributed by atoms with van der Waals surface area (Å²) in [6.45, 7) is 5.59. The Balaban J connectivity index is 2.57. The molecule has 0 saturated heterocycles. The SMILES string of the molecule is CC(NC(C)C(C)C(=O)O)c1ccc(Cl)s1. The molecule has 0 bridgehead atoms. The van der Waals surface area contributed by atoms with Crippen molar-refractivity contribution in [1.82, 2.24) is 5.32 Å². The van der Waals surface area contributed by atoms with E-state index < -0.39 is 11.9 Å². The van der Waals surface area contributed by atoms with Gasteiger partial charge in [-0.2, -0.15) is 0 Å². The molecule has 5 heteroatoms. The van der Waals surface area contributed by atoms with Gasteiger partial charge < -0.3 is 10.4 Å². The third-order valence-corrected chi connectivity index (χ3v) is 4.09. The molecule has 0 radical (unpaired) electrons. The monoisotopic (exact) mass is 261 g/mol. The van der Waals surface area contributed by atoms with E-state index in [1.54, 1.807) is 6.92 Å². The molecule has 3 atom stereocenters. The maximum Gasteiger partial charge on any atom is 0.307 e. The molecule has 0 aliphatic carbocycles. The highest BCUT2D eigenvalue weighted by atomic mass is 35.5. The smallest absolute Gasteiger partial charge is 0.307 e. The van der Waals surface area contributed by atoms with Crippen molar-refractivity contribution in [2.45, 2.75) is 32.9 Å². The number of aliphatic carboxylic acids is 1. The van der Waals surface area contributed by atoms with Gasteiger partial charge in [-0.25, -0.2) is 0 Å². The van der Waals surface area contributed by atoms with Gasteiger partial charge in [0.25, 0.3) is 0 Å². The Morgan fingerprint density at radius 1 is 1.44 bits per heavy atom. The molecule has 1 heterocycles. The Morgan fingerprint density at radius 2 is 2.06 bits per heavy atom. The van der Waals surface area contributed by atoms with E-state index in [1.165, 1.54) is 11.3 Å². The van der Waals surface area contributed by atoms with Gasteiger partial charge in [-0.3, -0.25) is 4.79 Å². The van der Waals surface area contributed by atoms with E-state index in [1.807, 2.05) is 26.0 Å². The fourth-order valence-electron chi connectivity index (χ4n) is 1.40. The van der Waals surface area contributed by atoms with E-state index in [9.17, 15) is 4.79 Å². The summed E-state index contributed by atoms with van der Waals surface area (Å²) in [7, 11) is 0. The van der Waals surface area contributed by atoms with Crippen molar-refractivity contribution in [1.29, 1.82) is 0 Å². The minimum Gasteiger partial charge on any atom is -0.481 e. The van der Waals surface area contributed by atoms with Crippen LogP contribution in [0.15, 0.2) is 12.1 Å². The second-order valence-electron chi connectivity index (χ2n) is 3.95. The van der Waals surface area contributed by atoms with Gasteiger partial charge in [0.1, 0.15) is 0 Å². The first-order chi connectivity index (χ1) is 7.41. The van der Waals surface area contributed by atoms with Crippen LogP contribution in [0.3, 0.4) is 0 Å². The Labute approximate surface area is 104 Å². The standard InChI is InChI=1S/C11H16ClNO2S/c1-6(11(14)15)7(2)13-8(3)9-4-5-10(12)16-9/h4-8,13H,1-3H3,(H,14,15). The van der Waals surface area contributed by atoms with Gasteiger partial charge in [0.05, 0.1) is 10.3 Å². The summed E-state index contributed by atoms with van der Waals surface area (Å²) in [6.07, 6.45) is 0. The van der Waals surface area contributed by atoms with Gasteiger partial charge in [0, 0.05) is 17.0 Å². The number of rotatable bonds is 5. The lowest BCUT2D eigenvalue weighted by Crippen LogP contribution is -2.37. The lowest BCUT2D eigenvalue weighted by molar-refractivity contribution is -0.142. The number of nitrogens with one attached hydrogen (secondary N) is 1. The highest BCUT2D eigenvalue weighted by Crippen LogP contribution is 2.27. The van der Waals surface area contributed by atoms with E-state index in [0.29, 0.717) is 0 Å². The van der Waals surface area contributed by atoms with Crippen LogP contribution in [-0.2, 0) is 4.79 Å². The van der Waals surface area contributed by atoms with Gasteiger partial charge >= 0.3 is 5.97 Å².